The highest BCUT2D eigenvalue weighted by Crippen LogP contribution is 2.16. The minimum absolute atomic E-state index is 0.146. The van der Waals surface area contributed by atoms with Crippen LogP contribution < -0.4 is 5.32 Å². The van der Waals surface area contributed by atoms with Crippen LogP contribution in [0.2, 0.25) is 0 Å². The fraction of sp³-hybridized carbons (Fsp3) is 0.929. The van der Waals surface area contributed by atoms with Gasteiger partial charge in [-0.1, -0.05) is 193 Å². The van der Waals surface area contributed by atoms with E-state index in [1.54, 1.807) is 0 Å². The van der Waals surface area contributed by atoms with Gasteiger partial charge in [0.25, 0.3) is 0 Å². The Hall–Kier alpha value is -0.910. The summed E-state index contributed by atoms with van der Waals surface area (Å²) in [6.45, 7) is 4.18. The third-order valence-electron chi connectivity index (χ3n) is 9.87. The first kappa shape index (κ1) is 46.1. The molecule has 3 unspecified atom stereocenters. The zero-order valence-corrected chi connectivity index (χ0v) is 31.7. The van der Waals surface area contributed by atoms with Crippen LogP contribution in [-0.4, -0.2) is 46.1 Å². The van der Waals surface area contributed by atoms with Gasteiger partial charge in [-0.05, 0) is 38.5 Å². The average Bonchev–Trinajstić information content (AvgIpc) is 3.07. The Labute approximate surface area is 293 Å². The molecule has 0 radical (unpaired) electrons. The summed E-state index contributed by atoms with van der Waals surface area (Å²) in [6, 6.07) is -0.809. The summed E-state index contributed by atoms with van der Waals surface area (Å²) in [5.41, 5.74) is 0. The number of allylic oxidation sites excluding steroid dienone is 2. The second-order valence-corrected chi connectivity index (χ2v) is 14.5. The molecular weight excluding hydrogens is 582 g/mol. The average molecular weight is 666 g/mol. The van der Waals surface area contributed by atoms with Crippen LogP contribution in [0.25, 0.3) is 0 Å². The molecule has 0 fully saturated rings. The van der Waals surface area contributed by atoms with Crippen LogP contribution in [0.4, 0.5) is 0 Å². The molecule has 3 atom stereocenters. The van der Waals surface area contributed by atoms with Crippen LogP contribution in [0.1, 0.15) is 226 Å². The van der Waals surface area contributed by atoms with E-state index < -0.39 is 18.2 Å². The van der Waals surface area contributed by atoms with E-state index in [0.717, 1.165) is 44.9 Å². The molecule has 0 aliphatic rings. The molecule has 0 saturated heterocycles. The van der Waals surface area contributed by atoms with E-state index in [-0.39, 0.29) is 12.5 Å². The molecule has 1 amide bonds. The van der Waals surface area contributed by atoms with Gasteiger partial charge in [0.2, 0.25) is 5.91 Å². The summed E-state index contributed by atoms with van der Waals surface area (Å²) >= 11 is 0. The molecule has 47 heavy (non-hydrogen) atoms. The zero-order valence-electron chi connectivity index (χ0n) is 31.7. The summed E-state index contributed by atoms with van der Waals surface area (Å²) in [5, 5.41) is 33.5. The minimum atomic E-state index is -1.14. The Bertz CT molecular complexity index is 655. The SMILES string of the molecule is CCCCCCCCCCCC=CCCCCCCCC(O)C(O)C(CO)NC(=O)CCCCCCCCCCCCCCCCC. The Morgan fingerprint density at radius 2 is 0.851 bits per heavy atom. The fourth-order valence-electron chi connectivity index (χ4n) is 6.57. The van der Waals surface area contributed by atoms with Gasteiger partial charge in [-0.25, -0.2) is 0 Å². The monoisotopic (exact) mass is 666 g/mol. The second-order valence-electron chi connectivity index (χ2n) is 14.5. The summed E-state index contributed by atoms with van der Waals surface area (Å²) in [6.07, 6.45) is 43.1. The number of rotatable bonds is 38. The third-order valence-corrected chi connectivity index (χ3v) is 9.87. The summed E-state index contributed by atoms with van der Waals surface area (Å²) in [5.74, 6) is -0.146. The van der Waals surface area contributed by atoms with Crippen molar-refractivity contribution < 1.29 is 20.1 Å². The molecule has 0 heterocycles. The molecule has 0 aromatic rings. The van der Waals surface area contributed by atoms with Crippen LogP contribution in [0, 0.1) is 0 Å². The highest BCUT2D eigenvalue weighted by Gasteiger charge is 2.26. The number of amides is 1. The molecule has 0 aromatic heterocycles. The summed E-state index contributed by atoms with van der Waals surface area (Å²) < 4.78 is 0. The van der Waals surface area contributed by atoms with E-state index in [4.69, 9.17) is 0 Å². The van der Waals surface area contributed by atoms with Gasteiger partial charge in [0.1, 0.15) is 6.10 Å². The molecule has 0 saturated carbocycles. The van der Waals surface area contributed by atoms with Gasteiger partial charge < -0.3 is 20.6 Å². The van der Waals surface area contributed by atoms with E-state index in [1.165, 1.54) is 154 Å². The van der Waals surface area contributed by atoms with Gasteiger partial charge in [-0.2, -0.15) is 0 Å². The quantitative estimate of drug-likeness (QED) is 0.0390. The Morgan fingerprint density at radius 1 is 0.511 bits per heavy atom. The van der Waals surface area contributed by atoms with Crippen molar-refractivity contribution in [1.29, 1.82) is 0 Å². The van der Waals surface area contributed by atoms with E-state index in [1.807, 2.05) is 0 Å². The number of hydrogen-bond acceptors (Lipinski definition) is 4. The number of aliphatic hydroxyl groups excluding tert-OH is 3. The fourth-order valence-corrected chi connectivity index (χ4v) is 6.57. The lowest BCUT2D eigenvalue weighted by molar-refractivity contribution is -0.124. The predicted octanol–water partition coefficient (Wildman–Crippen LogP) is 11.7. The summed E-state index contributed by atoms with van der Waals surface area (Å²) in [4.78, 5) is 12.4. The highest BCUT2D eigenvalue weighted by atomic mass is 16.3. The van der Waals surface area contributed by atoms with Crippen molar-refractivity contribution in [2.75, 3.05) is 6.61 Å². The molecule has 0 bridgehead atoms. The molecule has 5 nitrogen and oxygen atoms in total. The standard InChI is InChI=1S/C42H83NO4/c1-3-5-7-9-11-13-15-17-19-20-21-23-24-26-28-30-32-34-36-40(45)42(47)39(38-44)43-41(46)37-35-33-31-29-27-25-22-18-16-14-12-10-8-6-4-2/h21,23,39-40,42,44-45,47H,3-20,22,24-38H2,1-2H3,(H,43,46). The van der Waals surface area contributed by atoms with Gasteiger partial charge >= 0.3 is 0 Å². The number of hydrogen-bond donors (Lipinski definition) is 4. The van der Waals surface area contributed by atoms with Gasteiger partial charge in [-0.3, -0.25) is 4.79 Å². The Balaban J connectivity index is 3.65. The molecular formula is C42H83NO4. The lowest BCUT2D eigenvalue weighted by atomic mass is 9.99. The first-order valence-corrected chi connectivity index (χ1v) is 21.0. The molecule has 0 aliphatic carbocycles. The van der Waals surface area contributed by atoms with Crippen LogP contribution in [0.15, 0.2) is 12.2 Å². The van der Waals surface area contributed by atoms with Crippen molar-refractivity contribution >= 4 is 5.91 Å². The largest absolute Gasteiger partial charge is 0.394 e. The maximum absolute atomic E-state index is 12.4. The Morgan fingerprint density at radius 3 is 1.23 bits per heavy atom. The zero-order chi connectivity index (χ0) is 34.5. The van der Waals surface area contributed by atoms with Gasteiger partial charge in [0.15, 0.2) is 0 Å². The van der Waals surface area contributed by atoms with E-state index in [2.05, 4.69) is 31.3 Å². The van der Waals surface area contributed by atoms with Gasteiger partial charge in [-0.15, -0.1) is 0 Å². The molecule has 5 heteroatoms. The smallest absolute Gasteiger partial charge is 0.220 e. The maximum Gasteiger partial charge on any atom is 0.220 e. The Kier molecular flexibility index (Phi) is 37.2. The molecule has 0 aromatic carbocycles. The highest BCUT2D eigenvalue weighted by molar-refractivity contribution is 5.76. The van der Waals surface area contributed by atoms with Crippen LogP contribution in [-0.2, 0) is 4.79 Å². The maximum atomic E-state index is 12.4. The molecule has 0 aliphatic heterocycles. The van der Waals surface area contributed by atoms with Crippen LogP contribution in [0.5, 0.6) is 0 Å². The van der Waals surface area contributed by atoms with Crippen LogP contribution >= 0.6 is 0 Å². The van der Waals surface area contributed by atoms with Gasteiger partial charge in [0.05, 0.1) is 18.8 Å². The van der Waals surface area contributed by atoms with Crippen molar-refractivity contribution in [2.24, 2.45) is 0 Å². The van der Waals surface area contributed by atoms with Crippen molar-refractivity contribution in [1.82, 2.24) is 5.32 Å². The first-order valence-electron chi connectivity index (χ1n) is 21.0. The normalized spacial score (nSPS) is 13.7. The second kappa shape index (κ2) is 37.9. The lowest BCUT2D eigenvalue weighted by Gasteiger charge is -2.26. The van der Waals surface area contributed by atoms with Crippen molar-refractivity contribution in [3.63, 3.8) is 0 Å². The first-order chi connectivity index (χ1) is 23.1. The molecule has 4 N–H and O–H groups in total. The van der Waals surface area contributed by atoms with Crippen molar-refractivity contribution in [2.45, 2.75) is 244 Å². The lowest BCUT2D eigenvalue weighted by Crippen LogP contribution is -2.50. The number of aliphatic hydroxyl groups is 3. The number of nitrogens with one attached hydrogen (secondary N) is 1. The summed E-state index contributed by atoms with van der Waals surface area (Å²) in [7, 11) is 0. The number of unbranched alkanes of at least 4 members (excludes halogenated alkanes) is 28. The molecule has 280 valence electrons. The third kappa shape index (κ3) is 33.4. The van der Waals surface area contributed by atoms with Crippen LogP contribution in [0.3, 0.4) is 0 Å². The number of carbonyl (C=O) groups is 1. The van der Waals surface area contributed by atoms with E-state index in [0.29, 0.717) is 12.8 Å². The number of carbonyl (C=O) groups excluding carboxylic acids is 1. The van der Waals surface area contributed by atoms with E-state index >= 15 is 0 Å². The predicted molar refractivity (Wildman–Crippen MR) is 204 cm³/mol. The van der Waals surface area contributed by atoms with Gasteiger partial charge in [0, 0.05) is 6.42 Å². The molecule has 0 rings (SSSR count). The van der Waals surface area contributed by atoms with E-state index in [9.17, 15) is 20.1 Å². The van der Waals surface area contributed by atoms with Crippen molar-refractivity contribution in [3.05, 3.63) is 12.2 Å². The van der Waals surface area contributed by atoms with Crippen molar-refractivity contribution in [3.8, 4) is 0 Å². The minimum Gasteiger partial charge on any atom is -0.394 e. The molecule has 0 spiro atoms. The topological polar surface area (TPSA) is 89.8 Å².